The van der Waals surface area contributed by atoms with Crippen molar-refractivity contribution in [2.24, 2.45) is 0 Å². The van der Waals surface area contributed by atoms with Gasteiger partial charge in [-0.25, -0.2) is 0 Å². The second kappa shape index (κ2) is 2.54. The third-order valence-electron chi connectivity index (χ3n) is 0.926. The van der Waals surface area contributed by atoms with Gasteiger partial charge in [-0.15, -0.1) is 0 Å². The third kappa shape index (κ3) is 1.35. The molecule has 0 spiro atoms. The van der Waals surface area contributed by atoms with Crippen LogP contribution in [0, 0.1) is 0 Å². The molecule has 1 N–H and O–H groups in total. The summed E-state index contributed by atoms with van der Waals surface area (Å²) in [5.74, 6) is -0.823. The van der Waals surface area contributed by atoms with E-state index < -0.39 is 5.97 Å². The molecule has 1 rings (SSSR count). The summed E-state index contributed by atoms with van der Waals surface area (Å²) < 4.78 is 0.926. The van der Waals surface area contributed by atoms with Gasteiger partial charge in [-0.05, 0) is 0 Å². The molecule has 9 heavy (non-hydrogen) atoms. The second-order valence-corrected chi connectivity index (χ2v) is 4.54. The number of aromatic carboxylic acids is 1. The molecule has 0 fully saturated rings. The van der Waals surface area contributed by atoms with Crippen molar-refractivity contribution in [1.82, 2.24) is 0 Å². The minimum absolute atomic E-state index is 0.444. The van der Waals surface area contributed by atoms with Crippen molar-refractivity contribution < 1.29 is 9.90 Å². The molecule has 0 aromatic carbocycles. The van der Waals surface area contributed by atoms with E-state index in [9.17, 15) is 4.79 Å². The van der Waals surface area contributed by atoms with Gasteiger partial charge in [0.2, 0.25) is 0 Å². The fraction of sp³-hybridized carbons (Fsp3) is 0. The average molecular weight is 204 g/mol. The van der Waals surface area contributed by atoms with Gasteiger partial charge in [-0.2, -0.15) is 0 Å². The summed E-state index contributed by atoms with van der Waals surface area (Å²) in [5, 5.41) is 10.3. The third-order valence-corrected chi connectivity index (χ3v) is 3.18. The first-order chi connectivity index (χ1) is 4.22. The number of thiophene rings is 1. The van der Waals surface area contributed by atoms with Gasteiger partial charge in [0, 0.05) is 0 Å². The van der Waals surface area contributed by atoms with E-state index in [1.165, 1.54) is 28.2 Å². The normalized spacial score (nSPS) is 9.44. The van der Waals surface area contributed by atoms with Crippen molar-refractivity contribution in [3.63, 3.8) is 0 Å². The van der Waals surface area contributed by atoms with Crippen LogP contribution in [-0.4, -0.2) is 27.9 Å². The monoisotopic (exact) mass is 204 g/mol. The molecule has 0 saturated heterocycles. The van der Waals surface area contributed by atoms with E-state index in [4.69, 9.17) is 5.11 Å². The standard InChI is InChI=1S/C5H5AsO2S/c6-4-3(5(7)8)1-2-9-4/h1-2H,6H2,(H,7,8). The van der Waals surface area contributed by atoms with Crippen LogP contribution in [0.2, 0.25) is 0 Å². The van der Waals surface area contributed by atoms with Gasteiger partial charge in [-0.1, -0.05) is 0 Å². The van der Waals surface area contributed by atoms with E-state index in [1.54, 1.807) is 11.4 Å². The Morgan fingerprint density at radius 3 is 2.67 bits per heavy atom. The summed E-state index contributed by atoms with van der Waals surface area (Å²) in [6.07, 6.45) is 0. The number of hydrogen-bond acceptors (Lipinski definition) is 2. The molecule has 48 valence electrons. The zero-order valence-electron chi connectivity index (χ0n) is 4.50. The van der Waals surface area contributed by atoms with Crippen molar-refractivity contribution in [3.05, 3.63) is 17.0 Å². The molecule has 1 unspecified atom stereocenters. The summed E-state index contributed by atoms with van der Waals surface area (Å²) in [6, 6.07) is 1.63. The number of hydrogen-bond donors (Lipinski definition) is 1. The Bertz CT molecular complexity index is 231. The van der Waals surface area contributed by atoms with Crippen LogP contribution in [0.3, 0.4) is 0 Å². The van der Waals surface area contributed by atoms with Gasteiger partial charge in [-0.3, -0.25) is 0 Å². The van der Waals surface area contributed by atoms with E-state index in [-0.39, 0.29) is 0 Å². The van der Waals surface area contributed by atoms with E-state index in [1.807, 2.05) is 0 Å². The molecule has 1 aromatic rings. The summed E-state index contributed by atoms with van der Waals surface area (Å²) in [7, 11) is 0. The van der Waals surface area contributed by atoms with Crippen molar-refractivity contribution in [2.45, 2.75) is 0 Å². The maximum atomic E-state index is 10.3. The Morgan fingerprint density at radius 1 is 1.78 bits per heavy atom. The predicted octanol–water partition coefficient (Wildman–Crippen LogP) is -0.295. The Balaban J connectivity index is 3.08. The molecule has 0 aliphatic carbocycles. The molecule has 1 atom stereocenters. The van der Waals surface area contributed by atoms with Crippen LogP contribution in [0.5, 0.6) is 0 Å². The van der Waals surface area contributed by atoms with E-state index in [2.05, 4.69) is 0 Å². The predicted molar refractivity (Wildman–Crippen MR) is 39.5 cm³/mol. The molecule has 1 aromatic heterocycles. The van der Waals surface area contributed by atoms with Crippen LogP contribution < -0.4 is 3.66 Å². The average Bonchev–Trinajstić information content (AvgIpc) is 2.13. The Kier molecular flexibility index (Phi) is 1.93. The van der Waals surface area contributed by atoms with Gasteiger partial charge < -0.3 is 0 Å². The molecule has 0 bridgehead atoms. The molecule has 0 saturated carbocycles. The van der Waals surface area contributed by atoms with Gasteiger partial charge in [0.25, 0.3) is 0 Å². The van der Waals surface area contributed by atoms with Gasteiger partial charge in [0.05, 0.1) is 0 Å². The first-order valence-electron chi connectivity index (χ1n) is 2.28. The zero-order chi connectivity index (χ0) is 6.85. The molecule has 0 aliphatic rings. The molecule has 0 amide bonds. The number of carbonyl (C=O) groups is 1. The fourth-order valence-corrected chi connectivity index (χ4v) is 2.09. The summed E-state index contributed by atoms with van der Waals surface area (Å²) in [6.45, 7) is 0. The molecular weight excluding hydrogens is 199 g/mol. The Hall–Kier alpha value is -0.272. The summed E-state index contributed by atoms with van der Waals surface area (Å²) >= 11 is 2.84. The van der Waals surface area contributed by atoms with Crippen LogP contribution in [0.1, 0.15) is 10.4 Å². The molecule has 1 heterocycles. The minimum atomic E-state index is -0.823. The van der Waals surface area contributed by atoms with Gasteiger partial charge >= 0.3 is 64.7 Å². The maximum absolute atomic E-state index is 10.3. The molecular formula is C5H5AsO2S. The van der Waals surface area contributed by atoms with E-state index in [0.717, 1.165) is 3.66 Å². The van der Waals surface area contributed by atoms with E-state index in [0.29, 0.717) is 5.56 Å². The van der Waals surface area contributed by atoms with Crippen LogP contribution >= 0.6 is 11.3 Å². The molecule has 0 radical (unpaired) electrons. The summed E-state index contributed by atoms with van der Waals surface area (Å²) in [5.41, 5.74) is 0.444. The molecule has 4 heteroatoms. The Morgan fingerprint density at radius 2 is 2.44 bits per heavy atom. The van der Waals surface area contributed by atoms with Crippen LogP contribution in [-0.2, 0) is 0 Å². The second-order valence-electron chi connectivity index (χ2n) is 1.50. The molecule has 2 nitrogen and oxygen atoms in total. The van der Waals surface area contributed by atoms with Crippen molar-refractivity contribution in [2.75, 3.05) is 0 Å². The molecule has 0 aliphatic heterocycles. The number of carboxylic acids is 1. The SMILES string of the molecule is O=C(O)c1ccsc1[AsH2]. The number of rotatable bonds is 1. The van der Waals surface area contributed by atoms with Crippen molar-refractivity contribution in [3.8, 4) is 0 Å². The zero-order valence-corrected chi connectivity index (χ0v) is 7.73. The quantitative estimate of drug-likeness (QED) is 0.638. The topological polar surface area (TPSA) is 37.3 Å². The summed E-state index contributed by atoms with van der Waals surface area (Å²) in [4.78, 5) is 10.3. The van der Waals surface area contributed by atoms with Crippen LogP contribution in [0.15, 0.2) is 11.4 Å². The Labute approximate surface area is 65.0 Å². The first-order valence-corrected chi connectivity index (χ1v) is 4.37. The number of carboxylic acid groups (broad SMARTS) is 1. The first kappa shape index (κ1) is 6.84. The van der Waals surface area contributed by atoms with Crippen LogP contribution in [0.25, 0.3) is 0 Å². The van der Waals surface area contributed by atoms with Crippen molar-refractivity contribution in [1.29, 1.82) is 0 Å². The van der Waals surface area contributed by atoms with E-state index >= 15 is 0 Å². The van der Waals surface area contributed by atoms with Crippen molar-refractivity contribution >= 4 is 37.8 Å². The van der Waals surface area contributed by atoms with Gasteiger partial charge in [0.1, 0.15) is 0 Å². The fourth-order valence-electron chi connectivity index (χ4n) is 0.498. The van der Waals surface area contributed by atoms with Crippen LogP contribution in [0.4, 0.5) is 0 Å². The van der Waals surface area contributed by atoms with Gasteiger partial charge in [0.15, 0.2) is 0 Å².